The van der Waals surface area contributed by atoms with Gasteiger partial charge in [-0.05, 0) is 61.5 Å². The number of carbonyl (C=O) groups excluding carboxylic acids is 3. The number of amides is 3. The molecule has 0 bridgehead atoms. The number of carboxylic acids is 1. The van der Waals surface area contributed by atoms with Crippen LogP contribution in [-0.4, -0.2) is 77.3 Å². The second-order valence-electron chi connectivity index (χ2n) is 9.89. The van der Waals surface area contributed by atoms with Crippen molar-refractivity contribution in [2.24, 2.45) is 11.7 Å². The van der Waals surface area contributed by atoms with E-state index in [-0.39, 0.29) is 54.3 Å². The molecule has 1 fully saturated rings. The molecule has 1 saturated heterocycles. The number of ether oxygens (including phenoxy) is 2. The molecule has 5 rings (SSSR count). The second-order valence-corrected chi connectivity index (χ2v) is 9.89. The minimum Gasteiger partial charge on any atom is -0.481 e. The quantitative estimate of drug-likeness (QED) is 0.254. The van der Waals surface area contributed by atoms with E-state index in [9.17, 15) is 23.6 Å². The summed E-state index contributed by atoms with van der Waals surface area (Å²) in [7, 11) is 0. The summed E-state index contributed by atoms with van der Waals surface area (Å²) >= 11 is 0. The number of aliphatic carboxylic acids is 1. The van der Waals surface area contributed by atoms with Gasteiger partial charge in [-0.1, -0.05) is 0 Å². The Hall–Kier alpha value is -4.37. The van der Waals surface area contributed by atoms with Crippen LogP contribution >= 0.6 is 0 Å². The zero-order chi connectivity index (χ0) is 28.4. The van der Waals surface area contributed by atoms with Crippen molar-refractivity contribution in [2.45, 2.75) is 37.8 Å². The lowest BCUT2D eigenvalue weighted by Gasteiger charge is -2.18. The highest BCUT2D eigenvalue weighted by atomic mass is 19.1. The standard InChI is InChI=1S/C25H28FN7O7/c26-17-6-14(30-23(37)18(27)7-21(35)36)5-13-3-12(4-16(13)17)8-28-2-1-15-10-33(25(38)40-15)19-9-29-24-22(31-19)32-20(34)11-39-24/h5-6,9,12,15,18,28H,1-4,7-8,10-11,27H2,(H,30,37)(H,35,36)(H,31,32,34)/t12?,15?,18-/m0/s1. The van der Waals surface area contributed by atoms with Crippen LogP contribution in [0.1, 0.15) is 24.0 Å². The molecule has 3 amide bonds. The molecule has 2 aliphatic heterocycles. The van der Waals surface area contributed by atoms with Crippen LogP contribution in [0.3, 0.4) is 0 Å². The van der Waals surface area contributed by atoms with E-state index < -0.39 is 36.2 Å². The van der Waals surface area contributed by atoms with Gasteiger partial charge in [-0.3, -0.25) is 19.3 Å². The van der Waals surface area contributed by atoms with Crippen LogP contribution in [0.15, 0.2) is 18.3 Å². The molecule has 14 nitrogen and oxygen atoms in total. The summed E-state index contributed by atoms with van der Waals surface area (Å²) < 4.78 is 25.4. The summed E-state index contributed by atoms with van der Waals surface area (Å²) in [5.74, 6) is -1.96. The van der Waals surface area contributed by atoms with E-state index in [4.69, 9.17) is 20.3 Å². The average Bonchev–Trinajstić information content (AvgIpc) is 3.48. The minimum absolute atomic E-state index is 0.135. The fraction of sp³-hybridized carbons (Fsp3) is 0.440. The first kappa shape index (κ1) is 27.2. The van der Waals surface area contributed by atoms with Crippen molar-refractivity contribution >= 4 is 41.2 Å². The lowest BCUT2D eigenvalue weighted by molar-refractivity contribution is -0.138. The van der Waals surface area contributed by atoms with Crippen molar-refractivity contribution in [3.05, 3.63) is 35.3 Å². The molecule has 6 N–H and O–H groups in total. The number of nitrogens with one attached hydrogen (secondary N) is 3. The molecule has 3 heterocycles. The molecule has 15 heteroatoms. The Morgan fingerprint density at radius 3 is 2.92 bits per heavy atom. The molecule has 1 aliphatic carbocycles. The van der Waals surface area contributed by atoms with E-state index in [1.807, 2.05) is 0 Å². The number of aromatic nitrogens is 2. The van der Waals surface area contributed by atoms with Crippen LogP contribution < -0.4 is 31.3 Å². The largest absolute Gasteiger partial charge is 0.481 e. The first-order valence-electron chi connectivity index (χ1n) is 12.7. The van der Waals surface area contributed by atoms with E-state index in [1.165, 1.54) is 17.2 Å². The van der Waals surface area contributed by atoms with Gasteiger partial charge in [-0.15, -0.1) is 0 Å². The highest BCUT2D eigenvalue weighted by Crippen LogP contribution is 2.32. The summed E-state index contributed by atoms with van der Waals surface area (Å²) in [6.45, 7) is 1.30. The lowest BCUT2D eigenvalue weighted by Crippen LogP contribution is -2.37. The van der Waals surface area contributed by atoms with E-state index in [0.29, 0.717) is 37.9 Å². The Balaban J connectivity index is 1.08. The summed E-state index contributed by atoms with van der Waals surface area (Å²) in [6, 6.07) is 1.67. The van der Waals surface area contributed by atoms with Gasteiger partial charge in [0, 0.05) is 5.69 Å². The molecule has 0 spiro atoms. The van der Waals surface area contributed by atoms with Crippen molar-refractivity contribution in [1.29, 1.82) is 0 Å². The summed E-state index contributed by atoms with van der Waals surface area (Å²) in [5.41, 5.74) is 7.18. The smallest absolute Gasteiger partial charge is 0.415 e. The van der Waals surface area contributed by atoms with E-state index in [1.54, 1.807) is 6.07 Å². The number of hydrogen-bond acceptors (Lipinski definition) is 10. The predicted molar refractivity (Wildman–Crippen MR) is 137 cm³/mol. The van der Waals surface area contributed by atoms with Crippen LogP contribution in [0.2, 0.25) is 0 Å². The van der Waals surface area contributed by atoms with Gasteiger partial charge in [0.05, 0.1) is 25.2 Å². The number of nitrogens with zero attached hydrogens (tertiary/aromatic N) is 3. The van der Waals surface area contributed by atoms with Crippen molar-refractivity contribution in [2.75, 3.05) is 41.8 Å². The SMILES string of the molecule is N[C@@H](CC(=O)O)C(=O)Nc1cc(F)c2c(c1)CC(CNCCC1CN(c3cnc4c(n3)NC(=O)CO4)C(=O)O1)C2. The van der Waals surface area contributed by atoms with Crippen molar-refractivity contribution in [3.8, 4) is 5.88 Å². The number of benzene rings is 1. The Morgan fingerprint density at radius 1 is 1.30 bits per heavy atom. The third kappa shape index (κ3) is 6.10. The highest BCUT2D eigenvalue weighted by Gasteiger charge is 2.34. The van der Waals surface area contributed by atoms with Gasteiger partial charge >= 0.3 is 12.1 Å². The van der Waals surface area contributed by atoms with E-state index in [2.05, 4.69) is 25.9 Å². The number of fused-ring (bicyclic) bond motifs is 2. The predicted octanol–water partition coefficient (Wildman–Crippen LogP) is 0.407. The second kappa shape index (κ2) is 11.4. The monoisotopic (exact) mass is 557 g/mol. The molecule has 2 unspecified atom stereocenters. The molecular weight excluding hydrogens is 529 g/mol. The Labute approximate surface area is 227 Å². The molecule has 1 aromatic carbocycles. The first-order valence-corrected chi connectivity index (χ1v) is 12.7. The molecule has 40 heavy (non-hydrogen) atoms. The maximum absolute atomic E-state index is 14.7. The van der Waals surface area contributed by atoms with Gasteiger partial charge < -0.3 is 36.3 Å². The number of carbonyl (C=O) groups is 4. The number of anilines is 3. The van der Waals surface area contributed by atoms with E-state index in [0.717, 1.165) is 5.56 Å². The molecule has 3 aliphatic rings. The molecule has 212 valence electrons. The summed E-state index contributed by atoms with van der Waals surface area (Å²) in [4.78, 5) is 56.5. The molecule has 0 radical (unpaired) electrons. The average molecular weight is 558 g/mol. The van der Waals surface area contributed by atoms with Gasteiger partial charge in [0.1, 0.15) is 11.9 Å². The van der Waals surface area contributed by atoms with Crippen molar-refractivity contribution in [1.82, 2.24) is 15.3 Å². The molecular formula is C25H28FN7O7. The normalized spacial score (nSPS) is 20.2. The number of nitrogens with two attached hydrogens (primary N) is 1. The molecule has 1 aromatic heterocycles. The van der Waals surface area contributed by atoms with Crippen molar-refractivity contribution < 1.29 is 38.1 Å². The van der Waals surface area contributed by atoms with Gasteiger partial charge in [-0.25, -0.2) is 19.2 Å². The number of rotatable bonds is 10. The molecule has 0 saturated carbocycles. The molecule has 2 aromatic rings. The maximum Gasteiger partial charge on any atom is 0.415 e. The Morgan fingerprint density at radius 2 is 2.12 bits per heavy atom. The summed E-state index contributed by atoms with van der Waals surface area (Å²) in [6.07, 6.45) is 1.61. The number of hydrogen-bond donors (Lipinski definition) is 5. The summed E-state index contributed by atoms with van der Waals surface area (Å²) in [5, 5.41) is 17.2. The van der Waals surface area contributed by atoms with Gasteiger partial charge in [0.25, 0.3) is 11.8 Å². The van der Waals surface area contributed by atoms with Crippen molar-refractivity contribution in [3.63, 3.8) is 0 Å². The van der Waals surface area contributed by atoms with Crippen LogP contribution in [0.4, 0.5) is 26.5 Å². The third-order valence-electron chi connectivity index (χ3n) is 6.84. The van der Waals surface area contributed by atoms with E-state index >= 15 is 0 Å². The topological polar surface area (TPSA) is 198 Å². The van der Waals surface area contributed by atoms with Gasteiger partial charge in [-0.2, -0.15) is 0 Å². The third-order valence-corrected chi connectivity index (χ3v) is 6.84. The van der Waals surface area contributed by atoms with Crippen LogP contribution in [-0.2, 0) is 32.0 Å². The number of halogens is 1. The highest BCUT2D eigenvalue weighted by molar-refractivity contribution is 5.97. The number of carboxylic acid groups (broad SMARTS) is 1. The molecule has 3 atom stereocenters. The zero-order valence-electron chi connectivity index (χ0n) is 21.3. The first-order chi connectivity index (χ1) is 19.2. The number of cyclic esters (lactones) is 1. The van der Waals surface area contributed by atoms with Crippen LogP contribution in [0.25, 0.3) is 0 Å². The zero-order valence-corrected chi connectivity index (χ0v) is 21.3. The fourth-order valence-corrected chi connectivity index (χ4v) is 4.92. The van der Waals surface area contributed by atoms with Crippen LogP contribution in [0.5, 0.6) is 5.88 Å². The fourth-order valence-electron chi connectivity index (χ4n) is 4.92. The Kier molecular flexibility index (Phi) is 7.75. The Bertz CT molecular complexity index is 1360. The van der Waals surface area contributed by atoms with Crippen LogP contribution in [0, 0.1) is 11.7 Å². The lowest BCUT2D eigenvalue weighted by atomic mass is 10.1. The van der Waals surface area contributed by atoms with Gasteiger partial charge in [0.15, 0.2) is 18.2 Å². The minimum atomic E-state index is -1.24. The van der Waals surface area contributed by atoms with Gasteiger partial charge in [0.2, 0.25) is 5.91 Å². The maximum atomic E-state index is 14.7.